The maximum atomic E-state index is 9.35. The van der Waals surface area contributed by atoms with Crippen molar-refractivity contribution in [1.29, 1.82) is 0 Å². The van der Waals surface area contributed by atoms with Crippen molar-refractivity contribution in [3.8, 4) is 5.75 Å². The summed E-state index contributed by atoms with van der Waals surface area (Å²) in [7, 11) is 0. The van der Waals surface area contributed by atoms with E-state index in [0.717, 1.165) is 6.42 Å². The largest absolute Gasteiger partial charge is 0.508 e. The summed E-state index contributed by atoms with van der Waals surface area (Å²) < 4.78 is 0. The molecule has 0 heterocycles. The lowest BCUT2D eigenvalue weighted by molar-refractivity contribution is 0.475. The molecule has 0 aliphatic heterocycles. The van der Waals surface area contributed by atoms with Crippen molar-refractivity contribution in [2.24, 2.45) is 5.73 Å². The molecule has 0 spiro atoms. The molecule has 0 aliphatic carbocycles. The Kier molecular flexibility index (Phi) is 4.80. The lowest BCUT2D eigenvalue weighted by Crippen LogP contribution is -2.15. The van der Waals surface area contributed by atoms with Gasteiger partial charge in [-0.3, -0.25) is 0 Å². The second-order valence-electron chi connectivity index (χ2n) is 5.62. The average Bonchev–Trinajstić information content (AvgIpc) is 2.46. The summed E-state index contributed by atoms with van der Waals surface area (Å²) in [5.74, 6) is 1.15. The monoisotopic (exact) mass is 269 g/mol. The third kappa shape index (κ3) is 3.61. The Labute approximate surface area is 121 Å². The molecule has 0 radical (unpaired) electrons. The van der Waals surface area contributed by atoms with Crippen LogP contribution < -0.4 is 5.73 Å². The highest BCUT2D eigenvalue weighted by Gasteiger charge is 2.11. The average molecular weight is 269 g/mol. The molecular formula is C18H23NO. The molecule has 20 heavy (non-hydrogen) atoms. The molecule has 3 N–H and O–H groups in total. The van der Waals surface area contributed by atoms with Gasteiger partial charge in [0.05, 0.1) is 0 Å². The molecule has 2 aromatic carbocycles. The van der Waals surface area contributed by atoms with Crippen LogP contribution >= 0.6 is 0 Å². The molecule has 2 aromatic rings. The second-order valence-corrected chi connectivity index (χ2v) is 5.62. The van der Waals surface area contributed by atoms with E-state index in [1.807, 2.05) is 12.1 Å². The summed E-state index contributed by atoms with van der Waals surface area (Å²) in [5, 5.41) is 9.35. The molecule has 2 nitrogen and oxygen atoms in total. The van der Waals surface area contributed by atoms with Crippen molar-refractivity contribution < 1.29 is 5.11 Å². The maximum Gasteiger partial charge on any atom is 0.115 e. The van der Waals surface area contributed by atoms with Gasteiger partial charge in [-0.1, -0.05) is 50.2 Å². The van der Waals surface area contributed by atoms with E-state index in [4.69, 9.17) is 5.73 Å². The predicted molar refractivity (Wildman–Crippen MR) is 84.1 cm³/mol. The molecular weight excluding hydrogens is 246 g/mol. The molecule has 0 saturated carbocycles. The van der Waals surface area contributed by atoms with Gasteiger partial charge in [0, 0.05) is 5.92 Å². The topological polar surface area (TPSA) is 46.2 Å². The third-order valence-electron chi connectivity index (χ3n) is 3.78. The molecule has 0 fully saturated rings. The fraction of sp³-hybridized carbons (Fsp3) is 0.333. The highest BCUT2D eigenvalue weighted by Crippen LogP contribution is 2.23. The van der Waals surface area contributed by atoms with Crippen LogP contribution in [0.15, 0.2) is 48.5 Å². The molecule has 2 rings (SSSR count). The van der Waals surface area contributed by atoms with Crippen LogP contribution in [0.3, 0.4) is 0 Å². The number of rotatable bonds is 5. The minimum atomic E-state index is 0.292. The SMILES string of the molecule is CC(C)c1ccc(CC(CN)c2ccc(O)cc2)cc1. The molecule has 0 aromatic heterocycles. The fourth-order valence-corrected chi connectivity index (χ4v) is 2.41. The minimum Gasteiger partial charge on any atom is -0.508 e. The lowest BCUT2D eigenvalue weighted by Gasteiger charge is -2.16. The number of phenolic OH excluding ortho intramolecular Hbond substituents is 1. The highest BCUT2D eigenvalue weighted by molar-refractivity contribution is 5.31. The van der Waals surface area contributed by atoms with Crippen molar-refractivity contribution >= 4 is 0 Å². The predicted octanol–water partition coefficient (Wildman–Crippen LogP) is 3.80. The second kappa shape index (κ2) is 6.58. The van der Waals surface area contributed by atoms with Gasteiger partial charge in [0.15, 0.2) is 0 Å². The van der Waals surface area contributed by atoms with Crippen LogP contribution in [0.1, 0.15) is 42.4 Å². The smallest absolute Gasteiger partial charge is 0.115 e. The normalized spacial score (nSPS) is 12.6. The van der Waals surface area contributed by atoms with Gasteiger partial charge in [0.25, 0.3) is 0 Å². The summed E-state index contributed by atoms with van der Waals surface area (Å²) in [5.41, 5.74) is 9.75. The van der Waals surface area contributed by atoms with Crippen molar-refractivity contribution in [1.82, 2.24) is 0 Å². The van der Waals surface area contributed by atoms with Crippen LogP contribution in [-0.4, -0.2) is 11.7 Å². The van der Waals surface area contributed by atoms with E-state index in [0.29, 0.717) is 24.1 Å². The van der Waals surface area contributed by atoms with Crippen molar-refractivity contribution in [2.45, 2.75) is 32.1 Å². The van der Waals surface area contributed by atoms with Gasteiger partial charge in [0.2, 0.25) is 0 Å². The van der Waals surface area contributed by atoms with Gasteiger partial charge in [0.1, 0.15) is 5.75 Å². The van der Waals surface area contributed by atoms with Gasteiger partial charge in [-0.15, -0.1) is 0 Å². The Bertz CT molecular complexity index is 528. The van der Waals surface area contributed by atoms with E-state index < -0.39 is 0 Å². The number of aromatic hydroxyl groups is 1. The van der Waals surface area contributed by atoms with Crippen molar-refractivity contribution in [2.75, 3.05) is 6.54 Å². The number of hydrogen-bond acceptors (Lipinski definition) is 2. The van der Waals surface area contributed by atoms with Gasteiger partial charge < -0.3 is 10.8 Å². The fourth-order valence-electron chi connectivity index (χ4n) is 2.41. The minimum absolute atomic E-state index is 0.292. The Morgan fingerprint density at radius 2 is 1.45 bits per heavy atom. The zero-order valence-corrected chi connectivity index (χ0v) is 12.2. The lowest BCUT2D eigenvalue weighted by atomic mass is 9.91. The Hall–Kier alpha value is -1.80. The molecule has 0 aliphatic rings. The van der Waals surface area contributed by atoms with Gasteiger partial charge in [-0.2, -0.15) is 0 Å². The summed E-state index contributed by atoms with van der Waals surface area (Å²) in [6.07, 6.45) is 0.930. The van der Waals surface area contributed by atoms with E-state index in [9.17, 15) is 5.11 Å². The third-order valence-corrected chi connectivity index (χ3v) is 3.78. The highest BCUT2D eigenvalue weighted by atomic mass is 16.3. The zero-order chi connectivity index (χ0) is 14.5. The summed E-state index contributed by atoms with van der Waals surface area (Å²) >= 11 is 0. The van der Waals surface area contributed by atoms with Crippen LogP contribution in [0.2, 0.25) is 0 Å². The quantitative estimate of drug-likeness (QED) is 0.867. The van der Waals surface area contributed by atoms with E-state index >= 15 is 0 Å². The van der Waals surface area contributed by atoms with Crippen molar-refractivity contribution in [3.05, 3.63) is 65.2 Å². The number of hydrogen-bond donors (Lipinski definition) is 2. The van der Waals surface area contributed by atoms with Crippen LogP contribution in [0.25, 0.3) is 0 Å². The van der Waals surface area contributed by atoms with E-state index in [2.05, 4.69) is 38.1 Å². The Balaban J connectivity index is 2.11. The van der Waals surface area contributed by atoms with Crippen LogP contribution in [0.5, 0.6) is 5.75 Å². The number of benzene rings is 2. The van der Waals surface area contributed by atoms with Gasteiger partial charge >= 0.3 is 0 Å². The molecule has 106 valence electrons. The zero-order valence-electron chi connectivity index (χ0n) is 12.2. The van der Waals surface area contributed by atoms with E-state index in [1.165, 1.54) is 16.7 Å². The molecule has 1 unspecified atom stereocenters. The first-order valence-corrected chi connectivity index (χ1v) is 7.18. The Morgan fingerprint density at radius 3 is 1.95 bits per heavy atom. The summed E-state index contributed by atoms with van der Waals surface area (Å²) in [6.45, 7) is 5.01. The maximum absolute atomic E-state index is 9.35. The van der Waals surface area contributed by atoms with Crippen LogP contribution in [0.4, 0.5) is 0 Å². The first-order chi connectivity index (χ1) is 9.60. The molecule has 0 saturated heterocycles. The standard InChI is InChI=1S/C18H23NO/c1-13(2)15-5-3-14(4-6-15)11-17(12-19)16-7-9-18(20)10-8-16/h3-10,13,17,20H,11-12,19H2,1-2H3. The number of phenols is 1. The van der Waals surface area contributed by atoms with E-state index in [-0.39, 0.29) is 0 Å². The van der Waals surface area contributed by atoms with E-state index in [1.54, 1.807) is 12.1 Å². The molecule has 0 amide bonds. The first kappa shape index (κ1) is 14.6. The van der Waals surface area contributed by atoms with Gasteiger partial charge in [-0.25, -0.2) is 0 Å². The number of nitrogens with two attached hydrogens (primary N) is 1. The Morgan fingerprint density at radius 1 is 0.900 bits per heavy atom. The van der Waals surface area contributed by atoms with Crippen LogP contribution in [0, 0.1) is 0 Å². The molecule has 1 atom stereocenters. The van der Waals surface area contributed by atoms with Gasteiger partial charge in [-0.05, 0) is 47.7 Å². The van der Waals surface area contributed by atoms with Crippen LogP contribution in [-0.2, 0) is 6.42 Å². The first-order valence-electron chi connectivity index (χ1n) is 7.18. The molecule has 0 bridgehead atoms. The molecule has 2 heteroatoms. The summed E-state index contributed by atoms with van der Waals surface area (Å²) in [6, 6.07) is 16.1. The van der Waals surface area contributed by atoms with Crippen molar-refractivity contribution in [3.63, 3.8) is 0 Å². The summed E-state index contributed by atoms with van der Waals surface area (Å²) in [4.78, 5) is 0.